The lowest BCUT2D eigenvalue weighted by atomic mass is 9.95. The minimum Gasteiger partial charge on any atom is -0.493 e. The smallest absolute Gasteiger partial charge is 0.338 e. The van der Waals surface area contributed by atoms with Gasteiger partial charge in [-0.05, 0) is 38.6 Å². The Hall–Kier alpha value is -2.28. The molecule has 0 bridgehead atoms. The van der Waals surface area contributed by atoms with Gasteiger partial charge in [-0.1, -0.05) is 0 Å². The molecule has 0 aliphatic carbocycles. The van der Waals surface area contributed by atoms with Gasteiger partial charge < -0.3 is 23.8 Å². The molecule has 2 rings (SSSR count). The summed E-state index contributed by atoms with van der Waals surface area (Å²) in [6.07, 6.45) is 0.0785. The third kappa shape index (κ3) is 4.63. The molecular formula is C18H25NO6. The number of esters is 2. The molecule has 7 heteroatoms. The van der Waals surface area contributed by atoms with Crippen molar-refractivity contribution in [1.29, 1.82) is 0 Å². The molecule has 0 N–H and O–H groups in total. The van der Waals surface area contributed by atoms with E-state index in [2.05, 4.69) is 0 Å². The topological polar surface area (TPSA) is 74.3 Å². The molecule has 1 fully saturated rings. The van der Waals surface area contributed by atoms with Crippen molar-refractivity contribution in [3.05, 3.63) is 23.8 Å². The zero-order valence-corrected chi connectivity index (χ0v) is 15.1. The first kappa shape index (κ1) is 19.1. The van der Waals surface area contributed by atoms with Crippen molar-refractivity contribution in [3.63, 3.8) is 0 Å². The van der Waals surface area contributed by atoms with Crippen LogP contribution >= 0.6 is 0 Å². The van der Waals surface area contributed by atoms with Crippen molar-refractivity contribution in [2.24, 2.45) is 5.92 Å². The minimum atomic E-state index is -0.504. The van der Waals surface area contributed by atoms with Crippen molar-refractivity contribution in [1.82, 2.24) is 4.90 Å². The molecule has 1 aromatic carbocycles. The van der Waals surface area contributed by atoms with Crippen molar-refractivity contribution in [2.45, 2.75) is 19.4 Å². The van der Waals surface area contributed by atoms with E-state index in [1.54, 1.807) is 25.1 Å². The maximum Gasteiger partial charge on any atom is 0.338 e. The lowest BCUT2D eigenvalue weighted by molar-refractivity contribution is -0.155. The fourth-order valence-electron chi connectivity index (χ4n) is 2.88. The monoisotopic (exact) mass is 351 g/mol. The van der Waals surface area contributed by atoms with Crippen LogP contribution < -0.4 is 9.47 Å². The first-order valence-corrected chi connectivity index (χ1v) is 8.28. The Labute approximate surface area is 147 Å². The van der Waals surface area contributed by atoms with Crippen LogP contribution in [0.25, 0.3) is 0 Å². The number of benzene rings is 1. The number of piperidine rings is 1. The number of likely N-dealkylation sites (tertiary alicyclic amines) is 1. The van der Waals surface area contributed by atoms with Gasteiger partial charge in [0.15, 0.2) is 11.5 Å². The zero-order chi connectivity index (χ0) is 18.4. The number of methoxy groups -OCH3 is 2. The Morgan fingerprint density at radius 2 is 1.92 bits per heavy atom. The fraction of sp³-hybridized carbons (Fsp3) is 0.556. The van der Waals surface area contributed by atoms with Crippen LogP contribution in [0.5, 0.6) is 11.5 Å². The predicted molar refractivity (Wildman–Crippen MR) is 91.0 cm³/mol. The fourth-order valence-corrected chi connectivity index (χ4v) is 2.88. The molecule has 0 spiro atoms. The molecule has 0 amide bonds. The first-order valence-electron chi connectivity index (χ1n) is 8.28. The summed E-state index contributed by atoms with van der Waals surface area (Å²) in [4.78, 5) is 26.7. The van der Waals surface area contributed by atoms with Gasteiger partial charge in [0.05, 0.1) is 26.4 Å². The summed E-state index contributed by atoms with van der Waals surface area (Å²) in [6, 6.07) is 4.82. The van der Waals surface area contributed by atoms with Crippen molar-refractivity contribution >= 4 is 11.9 Å². The van der Waals surface area contributed by atoms with Crippen LogP contribution in [0.1, 0.15) is 23.7 Å². The molecule has 1 saturated heterocycles. The van der Waals surface area contributed by atoms with Crippen molar-refractivity contribution in [3.8, 4) is 11.5 Å². The Morgan fingerprint density at radius 3 is 2.56 bits per heavy atom. The first-order chi connectivity index (χ1) is 12.0. The molecule has 0 radical (unpaired) electrons. The largest absolute Gasteiger partial charge is 0.493 e. The summed E-state index contributed by atoms with van der Waals surface area (Å²) < 4.78 is 21.1. The summed E-state index contributed by atoms with van der Waals surface area (Å²) in [5.41, 5.74) is 0.346. The van der Waals surface area contributed by atoms with E-state index < -0.39 is 18.0 Å². The number of rotatable bonds is 6. The van der Waals surface area contributed by atoms with Gasteiger partial charge >= 0.3 is 11.9 Å². The van der Waals surface area contributed by atoms with E-state index in [1.807, 2.05) is 11.9 Å². The Morgan fingerprint density at radius 1 is 1.20 bits per heavy atom. The van der Waals surface area contributed by atoms with Gasteiger partial charge in [0.25, 0.3) is 0 Å². The number of nitrogens with zero attached hydrogens (tertiary/aromatic N) is 1. The van der Waals surface area contributed by atoms with Gasteiger partial charge in [-0.25, -0.2) is 4.79 Å². The van der Waals surface area contributed by atoms with E-state index in [1.165, 1.54) is 14.2 Å². The standard InChI is InChI=1S/C18H25NO6/c1-5-24-18(21)13-11-19(2)9-8-14(13)25-17(20)12-6-7-15(22-3)16(10-12)23-4/h6-7,10,13-14H,5,8-9,11H2,1-4H3/t13-,14+/m1/s1. The number of carbonyl (C=O) groups excluding carboxylic acids is 2. The maximum atomic E-state index is 12.5. The average Bonchev–Trinajstić information content (AvgIpc) is 2.62. The normalized spacial score (nSPS) is 20.6. The molecule has 2 atom stereocenters. The van der Waals surface area contributed by atoms with Crippen LogP contribution in [0, 0.1) is 5.92 Å². The van der Waals surface area contributed by atoms with Crippen LogP contribution in [0.2, 0.25) is 0 Å². The van der Waals surface area contributed by atoms with Crippen molar-refractivity contribution < 1.29 is 28.5 Å². The lowest BCUT2D eigenvalue weighted by Gasteiger charge is -2.34. The molecule has 138 valence electrons. The number of hydrogen-bond donors (Lipinski definition) is 0. The Balaban J connectivity index is 2.13. The van der Waals surface area contributed by atoms with E-state index >= 15 is 0 Å². The molecule has 1 aliphatic rings. The summed E-state index contributed by atoms with van der Waals surface area (Å²) in [5.74, 6) is -0.336. The average molecular weight is 351 g/mol. The molecule has 0 aromatic heterocycles. The van der Waals surface area contributed by atoms with Gasteiger partial charge in [-0.3, -0.25) is 4.79 Å². The van der Waals surface area contributed by atoms with E-state index in [0.29, 0.717) is 36.6 Å². The quantitative estimate of drug-likeness (QED) is 0.723. The number of hydrogen-bond acceptors (Lipinski definition) is 7. The Bertz CT molecular complexity index is 618. The lowest BCUT2D eigenvalue weighted by Crippen LogP contribution is -2.47. The van der Waals surface area contributed by atoms with Crippen molar-refractivity contribution in [2.75, 3.05) is 41.0 Å². The molecule has 25 heavy (non-hydrogen) atoms. The molecule has 1 aromatic rings. The molecule has 0 unspecified atom stereocenters. The van der Waals surface area contributed by atoms with E-state index in [-0.39, 0.29) is 5.97 Å². The molecule has 7 nitrogen and oxygen atoms in total. The second-order valence-electron chi connectivity index (χ2n) is 5.92. The summed E-state index contributed by atoms with van der Waals surface area (Å²) in [5, 5.41) is 0. The van der Waals surface area contributed by atoms with E-state index in [4.69, 9.17) is 18.9 Å². The summed E-state index contributed by atoms with van der Waals surface area (Å²) >= 11 is 0. The van der Waals surface area contributed by atoms with Crippen LogP contribution in [0.4, 0.5) is 0 Å². The van der Waals surface area contributed by atoms with Crippen LogP contribution in [0.3, 0.4) is 0 Å². The highest BCUT2D eigenvalue weighted by molar-refractivity contribution is 5.90. The highest BCUT2D eigenvalue weighted by atomic mass is 16.6. The van der Waals surface area contributed by atoms with Gasteiger partial charge in [-0.2, -0.15) is 0 Å². The van der Waals surface area contributed by atoms with Gasteiger partial charge in [0, 0.05) is 13.1 Å². The third-order valence-corrected chi connectivity index (χ3v) is 4.22. The molecule has 1 heterocycles. The summed E-state index contributed by atoms with van der Waals surface area (Å²) in [6.45, 7) is 3.31. The van der Waals surface area contributed by atoms with Crippen LogP contribution in [-0.4, -0.2) is 63.9 Å². The van der Waals surface area contributed by atoms with Gasteiger partial charge in [0.2, 0.25) is 0 Å². The van der Waals surface area contributed by atoms with E-state index in [0.717, 1.165) is 6.54 Å². The second-order valence-corrected chi connectivity index (χ2v) is 5.92. The number of ether oxygens (including phenoxy) is 4. The molecule has 0 saturated carbocycles. The van der Waals surface area contributed by atoms with Gasteiger partial charge in [0.1, 0.15) is 12.0 Å². The highest BCUT2D eigenvalue weighted by Gasteiger charge is 2.37. The maximum absolute atomic E-state index is 12.5. The van der Waals surface area contributed by atoms with E-state index in [9.17, 15) is 9.59 Å². The summed E-state index contributed by atoms with van der Waals surface area (Å²) in [7, 11) is 4.96. The zero-order valence-electron chi connectivity index (χ0n) is 15.1. The Kier molecular flexibility index (Phi) is 6.64. The van der Waals surface area contributed by atoms with Gasteiger partial charge in [-0.15, -0.1) is 0 Å². The molecular weight excluding hydrogens is 326 g/mol. The number of carbonyl (C=O) groups is 2. The van der Waals surface area contributed by atoms with Crippen LogP contribution in [-0.2, 0) is 14.3 Å². The minimum absolute atomic E-state index is 0.301. The predicted octanol–water partition coefficient (Wildman–Crippen LogP) is 1.74. The second kappa shape index (κ2) is 8.71. The molecule has 1 aliphatic heterocycles. The SMILES string of the molecule is CCOC(=O)[C@@H]1CN(C)CC[C@@H]1OC(=O)c1ccc(OC)c(OC)c1. The van der Waals surface area contributed by atoms with Crippen LogP contribution in [0.15, 0.2) is 18.2 Å². The highest BCUT2D eigenvalue weighted by Crippen LogP contribution is 2.29. The third-order valence-electron chi connectivity index (χ3n) is 4.22.